The highest BCUT2D eigenvalue weighted by atomic mass is 16.2. The number of nitrogens with one attached hydrogen (secondary N) is 2. The van der Waals surface area contributed by atoms with E-state index in [2.05, 4.69) is 10.6 Å². The highest BCUT2D eigenvalue weighted by molar-refractivity contribution is 5.92. The van der Waals surface area contributed by atoms with Crippen molar-refractivity contribution in [3.05, 3.63) is 35.9 Å². The number of amides is 3. The minimum absolute atomic E-state index is 0.0893. The van der Waals surface area contributed by atoms with Crippen LogP contribution in [0.5, 0.6) is 0 Å². The first kappa shape index (κ1) is 23.7. The molecule has 0 radical (unpaired) electrons. The molecular weight excluding hydrogens is 354 g/mol. The summed E-state index contributed by atoms with van der Waals surface area (Å²) >= 11 is 0. The minimum atomic E-state index is -0.771. The van der Waals surface area contributed by atoms with Crippen LogP contribution in [0.25, 0.3) is 0 Å². The number of hydrogen-bond acceptors (Lipinski definition) is 3. The van der Waals surface area contributed by atoms with Gasteiger partial charge in [-0.15, -0.1) is 0 Å². The highest BCUT2D eigenvalue weighted by Gasteiger charge is 2.30. The Bertz CT molecular complexity index is 648. The van der Waals surface area contributed by atoms with E-state index in [1.165, 1.54) is 0 Å². The quantitative estimate of drug-likeness (QED) is 0.542. The molecule has 0 heterocycles. The van der Waals surface area contributed by atoms with Gasteiger partial charge in [0.05, 0.1) is 0 Å². The van der Waals surface area contributed by atoms with Gasteiger partial charge >= 0.3 is 0 Å². The van der Waals surface area contributed by atoms with E-state index in [1.807, 2.05) is 65.0 Å². The fraction of sp³-hybridized carbons (Fsp3) is 0.591. The number of nitrogens with two attached hydrogens (primary N) is 1. The third-order valence-corrected chi connectivity index (χ3v) is 5.64. The largest absolute Gasteiger partial charge is 0.368 e. The Morgan fingerprint density at radius 2 is 1.46 bits per heavy atom. The molecule has 0 unspecified atom stereocenters. The van der Waals surface area contributed by atoms with Crippen LogP contribution in [0, 0.1) is 17.8 Å². The first-order valence-corrected chi connectivity index (χ1v) is 10.1. The zero-order chi connectivity index (χ0) is 21.3. The van der Waals surface area contributed by atoms with Crippen LogP contribution in [0.1, 0.15) is 53.0 Å². The van der Waals surface area contributed by atoms with Crippen molar-refractivity contribution in [2.75, 3.05) is 0 Å². The zero-order valence-electron chi connectivity index (χ0n) is 17.7. The van der Waals surface area contributed by atoms with Crippen molar-refractivity contribution in [2.45, 2.75) is 66.0 Å². The standard InChI is InChI=1S/C22H35N3O3/c1-6-14(3)16(5)21(27)24-18(13-17-11-9-8-10-12-17)22(28)25-19(20(23)26)15(4)7-2/h8-12,14-16,18-19H,6-7,13H2,1-5H3,(H2,23,26)(H,24,27)(H,25,28)/t14-,15+,16+,18+,19+/m1/s1. The van der Waals surface area contributed by atoms with Gasteiger partial charge in [-0.2, -0.15) is 0 Å². The lowest BCUT2D eigenvalue weighted by Crippen LogP contribution is -2.56. The maximum atomic E-state index is 12.9. The van der Waals surface area contributed by atoms with Crippen LogP contribution in [-0.2, 0) is 20.8 Å². The molecule has 6 nitrogen and oxygen atoms in total. The second kappa shape index (κ2) is 11.5. The smallest absolute Gasteiger partial charge is 0.243 e. The van der Waals surface area contributed by atoms with E-state index in [-0.39, 0.29) is 23.7 Å². The van der Waals surface area contributed by atoms with Crippen molar-refractivity contribution >= 4 is 17.7 Å². The van der Waals surface area contributed by atoms with Gasteiger partial charge in [0.25, 0.3) is 0 Å². The predicted octanol–water partition coefficient (Wildman–Crippen LogP) is 2.41. The van der Waals surface area contributed by atoms with E-state index < -0.39 is 23.9 Å². The van der Waals surface area contributed by atoms with Gasteiger partial charge in [0, 0.05) is 12.3 Å². The van der Waals surface area contributed by atoms with E-state index in [9.17, 15) is 14.4 Å². The Morgan fingerprint density at radius 3 is 1.96 bits per heavy atom. The summed E-state index contributed by atoms with van der Waals surface area (Å²) < 4.78 is 0. The van der Waals surface area contributed by atoms with Crippen LogP contribution in [0.4, 0.5) is 0 Å². The van der Waals surface area contributed by atoms with Gasteiger partial charge in [-0.05, 0) is 17.4 Å². The molecule has 0 bridgehead atoms. The number of carbonyl (C=O) groups is 3. The van der Waals surface area contributed by atoms with Crippen LogP contribution >= 0.6 is 0 Å². The molecule has 1 rings (SSSR count). The van der Waals surface area contributed by atoms with Crippen LogP contribution in [0.15, 0.2) is 30.3 Å². The lowest BCUT2D eigenvalue weighted by Gasteiger charge is -2.26. The molecule has 0 saturated carbocycles. The molecule has 0 aliphatic heterocycles. The molecule has 0 spiro atoms. The predicted molar refractivity (Wildman–Crippen MR) is 111 cm³/mol. The van der Waals surface area contributed by atoms with Gasteiger partial charge in [-0.3, -0.25) is 14.4 Å². The van der Waals surface area contributed by atoms with Crippen LogP contribution < -0.4 is 16.4 Å². The Kier molecular flexibility index (Phi) is 9.69. The molecule has 0 aromatic heterocycles. The summed E-state index contributed by atoms with van der Waals surface area (Å²) in [6.45, 7) is 9.72. The zero-order valence-corrected chi connectivity index (χ0v) is 17.7. The van der Waals surface area contributed by atoms with Crippen LogP contribution in [-0.4, -0.2) is 29.8 Å². The van der Waals surface area contributed by atoms with Gasteiger partial charge in [-0.1, -0.05) is 77.8 Å². The Balaban J connectivity index is 3.00. The number of rotatable bonds is 11. The van der Waals surface area contributed by atoms with E-state index >= 15 is 0 Å². The maximum Gasteiger partial charge on any atom is 0.243 e. The highest BCUT2D eigenvalue weighted by Crippen LogP contribution is 2.15. The molecule has 28 heavy (non-hydrogen) atoms. The average Bonchev–Trinajstić information content (AvgIpc) is 2.69. The Hall–Kier alpha value is -2.37. The fourth-order valence-electron chi connectivity index (χ4n) is 2.96. The van der Waals surface area contributed by atoms with E-state index in [0.29, 0.717) is 12.8 Å². The van der Waals surface area contributed by atoms with Gasteiger partial charge in [0.15, 0.2) is 0 Å². The molecule has 0 aliphatic rings. The SMILES string of the molecule is CC[C@@H](C)[C@H](C)C(=O)N[C@@H](Cc1ccccc1)C(=O)N[C@H](C(N)=O)[C@@H](C)CC. The summed E-state index contributed by atoms with van der Waals surface area (Å²) in [6, 6.07) is 7.95. The average molecular weight is 390 g/mol. The molecule has 6 heteroatoms. The number of primary amides is 1. The molecule has 156 valence electrons. The molecule has 1 aromatic rings. The number of carbonyl (C=O) groups excluding carboxylic acids is 3. The second-order valence-electron chi connectivity index (χ2n) is 7.70. The molecule has 0 fully saturated rings. The van der Waals surface area contributed by atoms with Crippen molar-refractivity contribution in [3.8, 4) is 0 Å². The van der Waals surface area contributed by atoms with E-state index in [0.717, 1.165) is 12.0 Å². The minimum Gasteiger partial charge on any atom is -0.368 e. The lowest BCUT2D eigenvalue weighted by molar-refractivity contribution is -0.133. The third-order valence-electron chi connectivity index (χ3n) is 5.64. The molecule has 4 N–H and O–H groups in total. The summed E-state index contributed by atoms with van der Waals surface area (Å²) in [6.07, 6.45) is 1.92. The van der Waals surface area contributed by atoms with Crippen molar-refractivity contribution in [3.63, 3.8) is 0 Å². The molecular formula is C22H35N3O3. The van der Waals surface area contributed by atoms with E-state index in [4.69, 9.17) is 5.73 Å². The Morgan fingerprint density at radius 1 is 0.893 bits per heavy atom. The summed E-state index contributed by atoms with van der Waals surface area (Å²) in [4.78, 5) is 37.4. The summed E-state index contributed by atoms with van der Waals surface area (Å²) in [5.41, 5.74) is 6.41. The third kappa shape index (κ3) is 6.98. The van der Waals surface area contributed by atoms with Crippen molar-refractivity contribution < 1.29 is 14.4 Å². The van der Waals surface area contributed by atoms with Crippen molar-refractivity contribution in [1.82, 2.24) is 10.6 Å². The topological polar surface area (TPSA) is 101 Å². The lowest BCUT2D eigenvalue weighted by atomic mass is 9.92. The van der Waals surface area contributed by atoms with Crippen LogP contribution in [0.2, 0.25) is 0 Å². The van der Waals surface area contributed by atoms with Crippen molar-refractivity contribution in [2.24, 2.45) is 23.5 Å². The first-order chi connectivity index (χ1) is 13.2. The molecule has 1 aromatic carbocycles. The van der Waals surface area contributed by atoms with Crippen LogP contribution in [0.3, 0.4) is 0 Å². The first-order valence-electron chi connectivity index (χ1n) is 10.1. The fourth-order valence-corrected chi connectivity index (χ4v) is 2.96. The van der Waals surface area contributed by atoms with Gasteiger partial charge in [0.2, 0.25) is 17.7 Å². The summed E-state index contributed by atoms with van der Waals surface area (Å²) in [5, 5.41) is 5.63. The van der Waals surface area contributed by atoms with Crippen molar-refractivity contribution in [1.29, 1.82) is 0 Å². The number of hydrogen-bond donors (Lipinski definition) is 3. The monoisotopic (exact) mass is 389 g/mol. The molecule has 3 amide bonds. The Labute approximate surface area is 168 Å². The number of benzene rings is 1. The van der Waals surface area contributed by atoms with Gasteiger partial charge < -0.3 is 16.4 Å². The normalized spacial score (nSPS) is 16.3. The molecule has 5 atom stereocenters. The summed E-state index contributed by atoms with van der Waals surface area (Å²) in [5.74, 6) is -1.22. The van der Waals surface area contributed by atoms with Gasteiger partial charge in [0.1, 0.15) is 12.1 Å². The molecule has 0 aliphatic carbocycles. The maximum absolute atomic E-state index is 12.9. The summed E-state index contributed by atoms with van der Waals surface area (Å²) in [7, 11) is 0. The van der Waals surface area contributed by atoms with E-state index in [1.54, 1.807) is 0 Å². The van der Waals surface area contributed by atoms with Gasteiger partial charge in [-0.25, -0.2) is 0 Å². The second-order valence-corrected chi connectivity index (χ2v) is 7.70. The molecule has 0 saturated heterocycles.